The summed E-state index contributed by atoms with van der Waals surface area (Å²) in [5.41, 5.74) is 12.8. The van der Waals surface area contributed by atoms with E-state index in [9.17, 15) is 0 Å². The molecule has 1 nitrogen and oxygen atoms in total. The monoisotopic (exact) mass is 753 g/mol. The van der Waals surface area contributed by atoms with E-state index >= 15 is 0 Å². The summed E-state index contributed by atoms with van der Waals surface area (Å²) >= 11 is 0. The third-order valence-corrected chi connectivity index (χ3v) is 12.5. The normalized spacial score (nSPS) is 15.3. The van der Waals surface area contributed by atoms with Crippen molar-refractivity contribution in [1.29, 1.82) is 0 Å². The van der Waals surface area contributed by atoms with E-state index in [2.05, 4.69) is 223 Å². The molecule has 9 aromatic carbocycles. The van der Waals surface area contributed by atoms with E-state index in [4.69, 9.17) is 0 Å². The number of rotatable bonds is 7. The van der Waals surface area contributed by atoms with Gasteiger partial charge in [0.1, 0.15) is 0 Å². The van der Waals surface area contributed by atoms with E-state index in [0.717, 1.165) is 19.3 Å². The van der Waals surface area contributed by atoms with E-state index in [1.54, 1.807) is 0 Å². The van der Waals surface area contributed by atoms with Crippen molar-refractivity contribution in [3.63, 3.8) is 0 Å². The lowest BCUT2D eigenvalue weighted by Crippen LogP contribution is -2.23. The van der Waals surface area contributed by atoms with Crippen molar-refractivity contribution in [2.24, 2.45) is 0 Å². The summed E-state index contributed by atoms with van der Waals surface area (Å²) < 4.78 is 0. The maximum atomic E-state index is 2.50. The first kappa shape index (κ1) is 35.0. The molecule has 0 radical (unpaired) electrons. The van der Waals surface area contributed by atoms with Crippen LogP contribution < -0.4 is 4.90 Å². The number of anilines is 1. The van der Waals surface area contributed by atoms with Gasteiger partial charge in [-0.15, -0.1) is 0 Å². The second kappa shape index (κ2) is 14.9. The number of fused-ring (bicyclic) bond motifs is 6. The van der Waals surface area contributed by atoms with E-state index in [-0.39, 0.29) is 0 Å². The molecule has 0 aliphatic heterocycles. The van der Waals surface area contributed by atoms with Gasteiger partial charge >= 0.3 is 0 Å². The van der Waals surface area contributed by atoms with Crippen LogP contribution in [-0.4, -0.2) is 0 Å². The van der Waals surface area contributed by atoms with Gasteiger partial charge in [-0.25, -0.2) is 0 Å². The molecule has 11 rings (SSSR count). The van der Waals surface area contributed by atoms with Crippen molar-refractivity contribution >= 4 is 54.4 Å². The maximum absolute atomic E-state index is 2.50. The Labute approximate surface area is 346 Å². The van der Waals surface area contributed by atoms with Gasteiger partial charge in [-0.05, 0) is 138 Å². The van der Waals surface area contributed by atoms with Crippen LogP contribution in [0.2, 0.25) is 0 Å². The highest BCUT2D eigenvalue weighted by atomic mass is 15.2. The van der Waals surface area contributed by atoms with Gasteiger partial charge in [0.25, 0.3) is 0 Å². The molecule has 1 atom stereocenters. The van der Waals surface area contributed by atoms with Crippen molar-refractivity contribution in [2.75, 3.05) is 4.90 Å². The smallest absolute Gasteiger partial charge is 0.0464 e. The van der Waals surface area contributed by atoms with Gasteiger partial charge in [0, 0.05) is 23.0 Å². The highest BCUT2D eigenvalue weighted by molar-refractivity contribution is 6.14. The van der Waals surface area contributed by atoms with Crippen LogP contribution in [0.3, 0.4) is 0 Å². The fraction of sp³-hybridized carbons (Fsp3) is 0.0690. The summed E-state index contributed by atoms with van der Waals surface area (Å²) in [7, 11) is 0. The Morgan fingerprint density at radius 3 is 1.73 bits per heavy atom. The maximum Gasteiger partial charge on any atom is 0.0464 e. The van der Waals surface area contributed by atoms with Gasteiger partial charge in [-0.3, -0.25) is 0 Å². The molecule has 0 amide bonds. The van der Waals surface area contributed by atoms with Crippen LogP contribution in [0.25, 0.3) is 70.9 Å². The van der Waals surface area contributed by atoms with E-state index < -0.39 is 0 Å². The number of benzene rings is 9. The number of nitrogens with zero attached hydrogens (tertiary/aromatic N) is 1. The molecule has 9 aromatic rings. The highest BCUT2D eigenvalue weighted by Gasteiger charge is 2.23. The number of allylic oxidation sites excluding steroid dienone is 7. The molecule has 0 saturated carbocycles. The van der Waals surface area contributed by atoms with Gasteiger partial charge in [0.15, 0.2) is 0 Å². The molecule has 1 heteroatoms. The van der Waals surface area contributed by atoms with E-state index in [1.165, 1.54) is 99.1 Å². The molecule has 0 heterocycles. The lowest BCUT2D eigenvalue weighted by atomic mass is 9.85. The molecular formula is C58H43N. The van der Waals surface area contributed by atoms with Gasteiger partial charge in [-0.2, -0.15) is 0 Å². The van der Waals surface area contributed by atoms with Crippen LogP contribution in [0.5, 0.6) is 0 Å². The number of hydrogen-bond donors (Lipinski definition) is 0. The molecule has 59 heavy (non-hydrogen) atoms. The fourth-order valence-corrected chi connectivity index (χ4v) is 9.54. The zero-order valence-electron chi connectivity index (χ0n) is 32.9. The molecule has 2 aliphatic rings. The lowest BCUT2D eigenvalue weighted by Gasteiger charge is -2.33. The Kier molecular flexibility index (Phi) is 8.86. The molecule has 280 valence electrons. The van der Waals surface area contributed by atoms with Crippen LogP contribution in [0.15, 0.2) is 230 Å². The van der Waals surface area contributed by atoms with Crippen LogP contribution >= 0.6 is 0 Å². The quantitative estimate of drug-likeness (QED) is 0.147. The third-order valence-electron chi connectivity index (χ3n) is 12.5. The topological polar surface area (TPSA) is 3.24 Å². The minimum absolute atomic E-state index is 0.299. The molecule has 0 saturated heterocycles. The first-order chi connectivity index (χ1) is 29.2. The predicted molar refractivity (Wildman–Crippen MR) is 253 cm³/mol. The summed E-state index contributed by atoms with van der Waals surface area (Å²) in [5.74, 6) is 0.299. The number of hydrogen-bond acceptors (Lipinski definition) is 1. The molecule has 1 unspecified atom stereocenters. The Morgan fingerprint density at radius 1 is 0.424 bits per heavy atom. The summed E-state index contributed by atoms with van der Waals surface area (Å²) in [4.78, 5) is 2.50. The highest BCUT2D eigenvalue weighted by Crippen LogP contribution is 2.41. The summed E-state index contributed by atoms with van der Waals surface area (Å²) in [6.07, 6.45) is 14.8. The first-order valence-corrected chi connectivity index (χ1v) is 20.9. The van der Waals surface area contributed by atoms with Crippen LogP contribution in [0, 0.1) is 0 Å². The summed E-state index contributed by atoms with van der Waals surface area (Å²) in [6, 6.07) is 69.0. The van der Waals surface area contributed by atoms with E-state index in [1.807, 2.05) is 0 Å². The van der Waals surface area contributed by atoms with Crippen molar-refractivity contribution < 1.29 is 0 Å². The Bertz CT molecular complexity index is 3180. The van der Waals surface area contributed by atoms with Crippen molar-refractivity contribution in [2.45, 2.75) is 25.2 Å². The molecule has 2 aliphatic carbocycles. The van der Waals surface area contributed by atoms with Crippen molar-refractivity contribution in [1.82, 2.24) is 0 Å². The van der Waals surface area contributed by atoms with Gasteiger partial charge in [0.05, 0.1) is 0 Å². The van der Waals surface area contributed by atoms with Crippen molar-refractivity contribution in [3.8, 4) is 22.3 Å². The second-order valence-corrected chi connectivity index (χ2v) is 15.9. The molecule has 0 bridgehead atoms. The first-order valence-electron chi connectivity index (χ1n) is 20.9. The third kappa shape index (κ3) is 6.46. The minimum Gasteiger partial charge on any atom is -0.315 e. The summed E-state index contributed by atoms with van der Waals surface area (Å²) in [6.45, 7) is 0. The minimum atomic E-state index is 0.299. The Balaban J connectivity index is 0.933. The lowest BCUT2D eigenvalue weighted by molar-refractivity contribution is 0.834. The van der Waals surface area contributed by atoms with Crippen molar-refractivity contribution in [3.05, 3.63) is 241 Å². The van der Waals surface area contributed by atoms with E-state index in [0.29, 0.717) is 5.92 Å². The average molecular weight is 754 g/mol. The van der Waals surface area contributed by atoms with Crippen LogP contribution in [0.1, 0.15) is 36.3 Å². The zero-order valence-corrected chi connectivity index (χ0v) is 32.9. The Morgan fingerprint density at radius 2 is 1.03 bits per heavy atom. The molecule has 0 N–H and O–H groups in total. The van der Waals surface area contributed by atoms with Crippen LogP contribution in [0.4, 0.5) is 5.69 Å². The molecule has 0 aromatic heterocycles. The van der Waals surface area contributed by atoms with Gasteiger partial charge < -0.3 is 4.90 Å². The van der Waals surface area contributed by atoms with Crippen LogP contribution in [-0.2, 0) is 0 Å². The molecule has 0 spiro atoms. The second-order valence-electron chi connectivity index (χ2n) is 15.9. The largest absolute Gasteiger partial charge is 0.315 e. The fourth-order valence-electron chi connectivity index (χ4n) is 9.54. The SMILES string of the molecule is C1=CC(c2cc3ccccc3c3ccccc23)CC=C1N(C1=CC=C(c2ccc(-c3cc4ccccc4c4ccccc34)cc2)CC1)c1cccc(-c2ccccc2)c1. The molecule has 0 fully saturated rings. The Hall–Kier alpha value is -7.22. The predicted octanol–water partition coefficient (Wildman–Crippen LogP) is 15.8. The standard InChI is InChI=1S/C58H43N/c1-2-13-40(14-3-1)45-17-12-18-50(37-45)59(49-35-31-44(32-36-49)58-39-47-16-5-7-20-52(47)54-22-9-11-24-56(54)58)48-33-29-42(30-34-48)41-25-27-43(28-26-41)57-38-46-15-4-6-19-51(46)53-21-8-10-23-55(53)57/h1-29,31,33,35-39,44H,30,32,34H2. The van der Waals surface area contributed by atoms with Gasteiger partial charge in [-0.1, -0.05) is 182 Å². The summed E-state index contributed by atoms with van der Waals surface area (Å²) in [5, 5.41) is 10.5. The van der Waals surface area contributed by atoms with Gasteiger partial charge in [0.2, 0.25) is 0 Å². The zero-order chi connectivity index (χ0) is 39.1. The average Bonchev–Trinajstić information content (AvgIpc) is 3.32. The molecular weight excluding hydrogens is 711 g/mol.